The lowest BCUT2D eigenvalue weighted by molar-refractivity contribution is -0.138. The minimum absolute atomic E-state index is 0.162. The number of benzene rings is 1. The third-order valence-electron chi connectivity index (χ3n) is 3.76. The molecule has 0 atom stereocenters. The van der Waals surface area contributed by atoms with Crippen molar-refractivity contribution in [1.29, 1.82) is 0 Å². The Labute approximate surface area is 120 Å². The van der Waals surface area contributed by atoms with E-state index < -0.39 is 11.8 Å². The molecule has 1 saturated carbocycles. The van der Waals surface area contributed by atoms with Gasteiger partial charge in [-0.05, 0) is 31.9 Å². The first kappa shape index (κ1) is 14.6. The molecule has 4 heteroatoms. The second-order valence-electron chi connectivity index (χ2n) is 5.19. The molecule has 0 saturated heterocycles. The Morgan fingerprint density at radius 2 is 1.80 bits per heavy atom. The van der Waals surface area contributed by atoms with Gasteiger partial charge in [0, 0.05) is 18.3 Å². The van der Waals surface area contributed by atoms with E-state index in [0.29, 0.717) is 6.54 Å². The number of hydrogen-bond acceptors (Lipinski definition) is 2. The van der Waals surface area contributed by atoms with Crippen LogP contribution in [0.25, 0.3) is 0 Å². The van der Waals surface area contributed by atoms with Crippen molar-refractivity contribution in [1.82, 2.24) is 5.32 Å². The van der Waals surface area contributed by atoms with E-state index in [-0.39, 0.29) is 6.04 Å². The van der Waals surface area contributed by atoms with Gasteiger partial charge < -0.3 is 10.2 Å². The fourth-order valence-electron chi connectivity index (χ4n) is 2.67. The molecule has 1 aliphatic rings. The normalized spacial score (nSPS) is 15.7. The van der Waals surface area contributed by atoms with Crippen LogP contribution in [0.5, 0.6) is 0 Å². The van der Waals surface area contributed by atoms with Gasteiger partial charge in [-0.1, -0.05) is 37.5 Å². The minimum Gasteiger partial charge on any atom is -0.345 e. The molecule has 108 valence electrons. The molecule has 1 aromatic rings. The van der Waals surface area contributed by atoms with Gasteiger partial charge in [0.2, 0.25) is 0 Å². The fourth-order valence-corrected chi connectivity index (χ4v) is 2.67. The summed E-state index contributed by atoms with van der Waals surface area (Å²) < 4.78 is 0. The number of carbonyl (C=O) groups is 2. The Morgan fingerprint density at radius 3 is 2.40 bits per heavy atom. The zero-order chi connectivity index (χ0) is 14.4. The first-order valence-corrected chi connectivity index (χ1v) is 7.39. The van der Waals surface area contributed by atoms with E-state index in [1.165, 1.54) is 11.3 Å². The molecule has 0 aliphatic heterocycles. The minimum atomic E-state index is -0.484. The lowest BCUT2D eigenvalue weighted by Crippen LogP contribution is -2.47. The van der Waals surface area contributed by atoms with Crippen LogP contribution in [0.3, 0.4) is 0 Å². The van der Waals surface area contributed by atoms with Gasteiger partial charge in [-0.25, -0.2) is 0 Å². The van der Waals surface area contributed by atoms with Crippen molar-refractivity contribution in [2.75, 3.05) is 11.4 Å². The van der Waals surface area contributed by atoms with Crippen LogP contribution < -0.4 is 10.2 Å². The second kappa shape index (κ2) is 7.08. The van der Waals surface area contributed by atoms with Crippen molar-refractivity contribution in [3.8, 4) is 0 Å². The number of nitrogens with zero attached hydrogens (tertiary/aromatic N) is 1. The van der Waals surface area contributed by atoms with Crippen LogP contribution in [0.4, 0.5) is 5.69 Å². The van der Waals surface area contributed by atoms with Crippen molar-refractivity contribution in [3.63, 3.8) is 0 Å². The molecule has 0 aromatic heterocycles. The molecule has 0 bridgehead atoms. The molecule has 4 nitrogen and oxygen atoms in total. The second-order valence-corrected chi connectivity index (χ2v) is 5.19. The summed E-state index contributed by atoms with van der Waals surface area (Å²) in [6, 6.07) is 9.47. The molecule has 0 radical (unpaired) electrons. The number of rotatable bonds is 3. The summed E-state index contributed by atoms with van der Waals surface area (Å²) in [6.07, 6.45) is 5.46. The van der Waals surface area contributed by atoms with E-state index in [4.69, 9.17) is 0 Å². The third kappa shape index (κ3) is 3.59. The SMILES string of the molecule is CCN(C(=O)C(=O)NC1CCCCC1)c1ccccc1. The fraction of sp³-hybridized carbons (Fsp3) is 0.500. The van der Waals surface area contributed by atoms with E-state index in [0.717, 1.165) is 31.4 Å². The highest BCUT2D eigenvalue weighted by Crippen LogP contribution is 2.18. The Balaban J connectivity index is 1.99. The molecule has 1 N–H and O–H groups in total. The zero-order valence-corrected chi connectivity index (χ0v) is 12.0. The summed E-state index contributed by atoms with van der Waals surface area (Å²) in [5, 5.41) is 2.87. The third-order valence-corrected chi connectivity index (χ3v) is 3.76. The number of para-hydroxylation sites is 1. The molecular weight excluding hydrogens is 252 g/mol. The van der Waals surface area contributed by atoms with Gasteiger partial charge >= 0.3 is 11.8 Å². The smallest absolute Gasteiger partial charge is 0.316 e. The van der Waals surface area contributed by atoms with Crippen LogP contribution in [0.1, 0.15) is 39.0 Å². The Morgan fingerprint density at radius 1 is 1.15 bits per heavy atom. The molecule has 0 unspecified atom stereocenters. The van der Waals surface area contributed by atoms with Gasteiger partial charge in [-0.2, -0.15) is 0 Å². The van der Waals surface area contributed by atoms with Gasteiger partial charge in [0.05, 0.1) is 0 Å². The average Bonchev–Trinajstić information content (AvgIpc) is 2.50. The first-order valence-electron chi connectivity index (χ1n) is 7.39. The molecule has 1 fully saturated rings. The van der Waals surface area contributed by atoms with Gasteiger partial charge in [0.1, 0.15) is 0 Å². The van der Waals surface area contributed by atoms with E-state index in [1.807, 2.05) is 37.3 Å². The first-order chi connectivity index (χ1) is 9.72. The van der Waals surface area contributed by atoms with Crippen molar-refractivity contribution in [2.45, 2.75) is 45.1 Å². The van der Waals surface area contributed by atoms with Crippen LogP contribution in [0.2, 0.25) is 0 Å². The molecular formula is C16H22N2O2. The summed E-state index contributed by atoms with van der Waals surface area (Å²) in [7, 11) is 0. The molecule has 20 heavy (non-hydrogen) atoms. The van der Waals surface area contributed by atoms with E-state index >= 15 is 0 Å². The summed E-state index contributed by atoms with van der Waals surface area (Å²) in [4.78, 5) is 25.9. The van der Waals surface area contributed by atoms with Gasteiger partial charge in [-0.15, -0.1) is 0 Å². The number of amides is 2. The van der Waals surface area contributed by atoms with Gasteiger partial charge in [-0.3, -0.25) is 9.59 Å². The average molecular weight is 274 g/mol. The molecule has 2 amide bonds. The molecule has 0 spiro atoms. The van der Waals surface area contributed by atoms with Crippen LogP contribution in [0.15, 0.2) is 30.3 Å². The predicted octanol–water partition coefficient (Wildman–Crippen LogP) is 2.49. The summed E-state index contributed by atoms with van der Waals surface area (Å²) in [5.41, 5.74) is 0.763. The van der Waals surface area contributed by atoms with Gasteiger partial charge in [0.15, 0.2) is 0 Å². The lowest BCUT2D eigenvalue weighted by Gasteiger charge is -2.25. The summed E-state index contributed by atoms with van der Waals surface area (Å²) in [5.74, 6) is -0.952. The Hall–Kier alpha value is -1.84. The largest absolute Gasteiger partial charge is 0.345 e. The number of anilines is 1. The summed E-state index contributed by atoms with van der Waals surface area (Å²) >= 11 is 0. The maximum atomic E-state index is 12.3. The number of likely N-dealkylation sites (N-methyl/N-ethyl adjacent to an activating group) is 1. The van der Waals surface area contributed by atoms with Crippen molar-refractivity contribution < 1.29 is 9.59 Å². The zero-order valence-electron chi connectivity index (χ0n) is 12.0. The molecule has 2 rings (SSSR count). The summed E-state index contributed by atoms with van der Waals surface area (Å²) in [6.45, 7) is 2.36. The van der Waals surface area contributed by atoms with Crippen molar-refractivity contribution in [3.05, 3.63) is 30.3 Å². The van der Waals surface area contributed by atoms with E-state index in [1.54, 1.807) is 0 Å². The standard InChI is InChI=1S/C16H22N2O2/c1-2-18(14-11-7-4-8-12-14)16(20)15(19)17-13-9-5-3-6-10-13/h4,7-8,11-13H,2-3,5-6,9-10H2,1H3,(H,17,19). The molecule has 1 aliphatic carbocycles. The van der Waals surface area contributed by atoms with Crippen LogP contribution in [-0.2, 0) is 9.59 Å². The maximum Gasteiger partial charge on any atom is 0.316 e. The highest BCUT2D eigenvalue weighted by atomic mass is 16.2. The monoisotopic (exact) mass is 274 g/mol. The van der Waals surface area contributed by atoms with Crippen LogP contribution >= 0.6 is 0 Å². The lowest BCUT2D eigenvalue weighted by atomic mass is 9.95. The number of nitrogens with one attached hydrogen (secondary N) is 1. The van der Waals surface area contributed by atoms with Crippen molar-refractivity contribution >= 4 is 17.5 Å². The van der Waals surface area contributed by atoms with Crippen LogP contribution in [0, 0.1) is 0 Å². The van der Waals surface area contributed by atoms with E-state index in [9.17, 15) is 9.59 Å². The van der Waals surface area contributed by atoms with E-state index in [2.05, 4.69) is 5.32 Å². The Bertz CT molecular complexity index is 453. The van der Waals surface area contributed by atoms with Crippen LogP contribution in [-0.4, -0.2) is 24.4 Å². The predicted molar refractivity (Wildman–Crippen MR) is 79.5 cm³/mol. The quantitative estimate of drug-likeness (QED) is 0.861. The number of carbonyl (C=O) groups excluding carboxylic acids is 2. The van der Waals surface area contributed by atoms with Crippen molar-refractivity contribution in [2.24, 2.45) is 0 Å². The molecule has 0 heterocycles. The highest BCUT2D eigenvalue weighted by Gasteiger charge is 2.25. The van der Waals surface area contributed by atoms with Gasteiger partial charge in [0.25, 0.3) is 0 Å². The Kier molecular flexibility index (Phi) is 5.16. The number of hydrogen-bond donors (Lipinski definition) is 1. The highest BCUT2D eigenvalue weighted by molar-refractivity contribution is 6.40. The molecule has 1 aromatic carbocycles. The topological polar surface area (TPSA) is 49.4 Å². The maximum absolute atomic E-state index is 12.3.